The van der Waals surface area contributed by atoms with Crippen molar-refractivity contribution >= 4 is 23.9 Å². The average molecular weight is 477 g/mol. The monoisotopic (exact) mass is 476 g/mol. The highest BCUT2D eigenvalue weighted by Gasteiger charge is 2.39. The lowest BCUT2D eigenvalue weighted by Gasteiger charge is -2.42. The molecule has 0 bridgehead atoms. The molecule has 2 saturated carbocycles. The van der Waals surface area contributed by atoms with Gasteiger partial charge in [0.2, 0.25) is 11.8 Å². The van der Waals surface area contributed by atoms with E-state index in [1.54, 1.807) is 9.80 Å². The van der Waals surface area contributed by atoms with E-state index in [0.29, 0.717) is 19.5 Å². The highest BCUT2D eigenvalue weighted by molar-refractivity contribution is 5.93. The van der Waals surface area contributed by atoms with E-state index in [0.717, 1.165) is 57.8 Å². The van der Waals surface area contributed by atoms with E-state index in [9.17, 15) is 19.2 Å². The zero-order valence-electron chi connectivity index (χ0n) is 20.2. The van der Waals surface area contributed by atoms with Crippen LogP contribution in [0.5, 0.6) is 0 Å². The van der Waals surface area contributed by atoms with Gasteiger partial charge in [0.15, 0.2) is 0 Å². The molecule has 2 atom stereocenters. The minimum absolute atomic E-state index is 0.122. The summed E-state index contributed by atoms with van der Waals surface area (Å²) < 4.78 is 0. The molecular formula is C24H40N6O4. The number of carbonyl (C=O) groups excluding carboxylic acids is 4. The van der Waals surface area contributed by atoms with Crippen LogP contribution in [-0.4, -0.2) is 84.0 Å². The van der Waals surface area contributed by atoms with Gasteiger partial charge in [-0.05, 0) is 38.5 Å². The first kappa shape index (κ1) is 24.6. The molecule has 4 aliphatic rings. The standard InChI is InChI=1S/C24H40N6O4/c31-21-19(12-7-13-25-21)28-22(32)20-16-29(23(33)26-17-8-3-1-4-9-17)14-15-30(20)24(34)27-18-10-5-2-6-11-18/h17-20H,1-16H2,(H,25,31)(H,26,33)(H,27,34)(H,28,32)/t19-,20+/m0/s1. The molecule has 4 N–H and O–H groups in total. The molecule has 0 radical (unpaired) electrons. The Morgan fingerprint density at radius 2 is 1.35 bits per heavy atom. The Morgan fingerprint density at radius 1 is 0.735 bits per heavy atom. The van der Waals surface area contributed by atoms with Gasteiger partial charge in [0, 0.05) is 31.7 Å². The van der Waals surface area contributed by atoms with Crippen LogP contribution in [0, 0.1) is 0 Å². The van der Waals surface area contributed by atoms with Crippen molar-refractivity contribution in [3.63, 3.8) is 0 Å². The largest absolute Gasteiger partial charge is 0.354 e. The van der Waals surface area contributed by atoms with Crippen LogP contribution in [0.3, 0.4) is 0 Å². The number of nitrogens with one attached hydrogen (secondary N) is 4. The Labute approximate surface area is 201 Å². The fourth-order valence-electron chi connectivity index (χ4n) is 5.63. The van der Waals surface area contributed by atoms with Crippen molar-refractivity contribution in [2.45, 2.75) is 101 Å². The lowest BCUT2D eigenvalue weighted by molar-refractivity contribution is -0.133. The Balaban J connectivity index is 1.41. The summed E-state index contributed by atoms with van der Waals surface area (Å²) in [5.41, 5.74) is 0. The second kappa shape index (κ2) is 11.8. The van der Waals surface area contributed by atoms with Crippen molar-refractivity contribution in [3.05, 3.63) is 0 Å². The maximum Gasteiger partial charge on any atom is 0.318 e. The number of amides is 6. The van der Waals surface area contributed by atoms with E-state index in [1.165, 1.54) is 12.8 Å². The van der Waals surface area contributed by atoms with Crippen LogP contribution >= 0.6 is 0 Å². The van der Waals surface area contributed by atoms with Gasteiger partial charge in [-0.3, -0.25) is 9.59 Å². The smallest absolute Gasteiger partial charge is 0.318 e. The number of nitrogens with zero attached hydrogens (tertiary/aromatic N) is 2. The van der Waals surface area contributed by atoms with Gasteiger partial charge < -0.3 is 31.1 Å². The number of hydrogen-bond acceptors (Lipinski definition) is 4. The molecule has 2 heterocycles. The first-order chi connectivity index (χ1) is 16.5. The van der Waals surface area contributed by atoms with E-state index in [-0.39, 0.29) is 49.0 Å². The van der Waals surface area contributed by atoms with Gasteiger partial charge in [-0.15, -0.1) is 0 Å². The Kier molecular flexibility index (Phi) is 8.50. The number of piperazine rings is 1. The highest BCUT2D eigenvalue weighted by atomic mass is 16.2. The van der Waals surface area contributed by atoms with Crippen LogP contribution in [-0.2, 0) is 9.59 Å². The van der Waals surface area contributed by atoms with Crippen LogP contribution in [0.4, 0.5) is 9.59 Å². The van der Waals surface area contributed by atoms with E-state index < -0.39 is 12.1 Å². The van der Waals surface area contributed by atoms with Crippen molar-refractivity contribution in [1.29, 1.82) is 0 Å². The molecule has 4 rings (SSSR count). The van der Waals surface area contributed by atoms with Gasteiger partial charge in [-0.25, -0.2) is 9.59 Å². The van der Waals surface area contributed by atoms with Crippen LogP contribution in [0.15, 0.2) is 0 Å². The minimum Gasteiger partial charge on any atom is -0.354 e. The molecule has 2 aliphatic carbocycles. The molecular weight excluding hydrogens is 436 g/mol. The van der Waals surface area contributed by atoms with Crippen LogP contribution in [0.25, 0.3) is 0 Å². The van der Waals surface area contributed by atoms with Crippen molar-refractivity contribution in [3.8, 4) is 0 Å². The first-order valence-electron chi connectivity index (χ1n) is 13.2. The molecule has 0 aromatic carbocycles. The number of carbonyl (C=O) groups is 4. The molecule has 2 aliphatic heterocycles. The highest BCUT2D eigenvalue weighted by Crippen LogP contribution is 2.20. The van der Waals surface area contributed by atoms with E-state index in [4.69, 9.17) is 0 Å². The zero-order valence-corrected chi connectivity index (χ0v) is 20.2. The second-order valence-electron chi connectivity index (χ2n) is 10.2. The topological polar surface area (TPSA) is 123 Å². The van der Waals surface area contributed by atoms with Crippen molar-refractivity contribution in [2.24, 2.45) is 0 Å². The fraction of sp³-hybridized carbons (Fsp3) is 0.833. The Hall–Kier alpha value is -2.52. The van der Waals surface area contributed by atoms with E-state index in [1.807, 2.05) is 0 Å². The summed E-state index contributed by atoms with van der Waals surface area (Å²) in [6, 6.07) is -1.56. The van der Waals surface area contributed by atoms with Crippen LogP contribution in [0.1, 0.15) is 77.0 Å². The van der Waals surface area contributed by atoms with Gasteiger partial charge in [0.25, 0.3) is 0 Å². The number of urea groups is 2. The van der Waals surface area contributed by atoms with Crippen molar-refractivity contribution in [2.75, 3.05) is 26.2 Å². The summed E-state index contributed by atoms with van der Waals surface area (Å²) in [5.74, 6) is -0.573. The predicted octanol–water partition coefficient (Wildman–Crippen LogP) is 1.45. The Morgan fingerprint density at radius 3 is 1.97 bits per heavy atom. The third-order valence-corrected chi connectivity index (χ3v) is 7.70. The third-order valence-electron chi connectivity index (χ3n) is 7.70. The van der Waals surface area contributed by atoms with Crippen molar-refractivity contribution < 1.29 is 19.2 Å². The summed E-state index contributed by atoms with van der Waals surface area (Å²) in [4.78, 5) is 54.8. The summed E-state index contributed by atoms with van der Waals surface area (Å²) in [7, 11) is 0. The molecule has 0 aromatic rings. The summed E-state index contributed by atoms with van der Waals surface area (Å²) in [5, 5.41) is 11.8. The molecule has 0 spiro atoms. The summed E-state index contributed by atoms with van der Waals surface area (Å²) >= 11 is 0. The van der Waals surface area contributed by atoms with Crippen molar-refractivity contribution in [1.82, 2.24) is 31.1 Å². The van der Waals surface area contributed by atoms with Crippen LogP contribution in [0.2, 0.25) is 0 Å². The quantitative estimate of drug-likeness (QED) is 0.490. The average Bonchev–Trinajstić information content (AvgIpc) is 2.86. The molecule has 0 aromatic heterocycles. The lowest BCUT2D eigenvalue weighted by atomic mass is 9.95. The molecule has 34 heavy (non-hydrogen) atoms. The lowest BCUT2D eigenvalue weighted by Crippen LogP contribution is -2.66. The van der Waals surface area contributed by atoms with Gasteiger partial charge in [0.1, 0.15) is 12.1 Å². The first-order valence-corrected chi connectivity index (χ1v) is 13.2. The summed E-state index contributed by atoms with van der Waals surface area (Å²) in [6.07, 6.45) is 12.1. The van der Waals surface area contributed by atoms with Gasteiger partial charge in [-0.1, -0.05) is 38.5 Å². The molecule has 2 saturated heterocycles. The molecule has 6 amide bonds. The molecule has 10 nitrogen and oxygen atoms in total. The fourth-order valence-corrected chi connectivity index (χ4v) is 5.63. The molecule has 10 heteroatoms. The zero-order chi connectivity index (χ0) is 23.9. The van der Waals surface area contributed by atoms with E-state index >= 15 is 0 Å². The number of rotatable bonds is 4. The van der Waals surface area contributed by atoms with Crippen LogP contribution < -0.4 is 21.3 Å². The van der Waals surface area contributed by atoms with Gasteiger partial charge in [-0.2, -0.15) is 0 Å². The van der Waals surface area contributed by atoms with Gasteiger partial charge in [0.05, 0.1) is 6.54 Å². The third kappa shape index (κ3) is 6.33. The maximum atomic E-state index is 13.3. The molecule has 190 valence electrons. The Bertz CT molecular complexity index is 750. The summed E-state index contributed by atoms with van der Waals surface area (Å²) in [6.45, 7) is 1.40. The normalized spacial score (nSPS) is 27.0. The molecule has 0 unspecified atom stereocenters. The van der Waals surface area contributed by atoms with E-state index in [2.05, 4.69) is 21.3 Å². The van der Waals surface area contributed by atoms with Gasteiger partial charge >= 0.3 is 12.1 Å². The maximum absolute atomic E-state index is 13.3. The minimum atomic E-state index is -0.829. The SMILES string of the molecule is O=C1NCCC[C@@H]1NC(=O)[C@H]1CN(C(=O)NC2CCCCC2)CCN1C(=O)NC1CCCCC1. The number of piperidine rings is 1. The molecule has 4 fully saturated rings. The predicted molar refractivity (Wildman–Crippen MR) is 127 cm³/mol. The number of hydrogen-bond donors (Lipinski definition) is 4. The second-order valence-corrected chi connectivity index (χ2v) is 10.2.